The third-order valence-electron chi connectivity index (χ3n) is 2.25. The van der Waals surface area contributed by atoms with E-state index in [2.05, 4.69) is 0 Å². The molecule has 6 nitrogen and oxygen atoms in total. The van der Waals surface area contributed by atoms with Crippen molar-refractivity contribution < 1.29 is 10.0 Å². The third-order valence-corrected chi connectivity index (χ3v) is 2.25. The van der Waals surface area contributed by atoms with E-state index in [1.807, 2.05) is 6.07 Å². The van der Waals surface area contributed by atoms with Crippen molar-refractivity contribution in [3.63, 3.8) is 0 Å². The van der Waals surface area contributed by atoms with Crippen LogP contribution in [-0.4, -0.2) is 29.7 Å². The van der Waals surface area contributed by atoms with Gasteiger partial charge in [0.05, 0.1) is 22.7 Å². The summed E-state index contributed by atoms with van der Waals surface area (Å²) in [6.07, 6.45) is -0.606. The minimum Gasteiger partial charge on any atom is -0.392 e. The summed E-state index contributed by atoms with van der Waals surface area (Å²) < 4.78 is 0. The molecule has 1 rings (SSSR count). The lowest BCUT2D eigenvalue weighted by atomic mass is 10.1. The second kappa shape index (κ2) is 5.27. The molecule has 1 aromatic carbocycles. The number of rotatable bonds is 4. The Morgan fingerprint density at radius 2 is 2.29 bits per heavy atom. The van der Waals surface area contributed by atoms with Crippen molar-refractivity contribution in [1.82, 2.24) is 0 Å². The number of nitriles is 1. The van der Waals surface area contributed by atoms with E-state index in [9.17, 15) is 15.2 Å². The molecule has 0 aliphatic rings. The fourth-order valence-corrected chi connectivity index (χ4v) is 1.55. The smallest absolute Gasteiger partial charge is 0.292 e. The van der Waals surface area contributed by atoms with Gasteiger partial charge >= 0.3 is 0 Å². The van der Waals surface area contributed by atoms with Gasteiger partial charge in [-0.05, 0) is 19.1 Å². The van der Waals surface area contributed by atoms with Gasteiger partial charge in [0, 0.05) is 19.7 Å². The highest BCUT2D eigenvalue weighted by Gasteiger charge is 2.18. The van der Waals surface area contributed by atoms with Gasteiger partial charge in [-0.2, -0.15) is 5.26 Å². The van der Waals surface area contributed by atoms with Crippen LogP contribution in [0.25, 0.3) is 0 Å². The summed E-state index contributed by atoms with van der Waals surface area (Å²) in [5.74, 6) is 0. The Kier molecular flexibility index (Phi) is 4.01. The van der Waals surface area contributed by atoms with E-state index in [1.54, 1.807) is 18.9 Å². The van der Waals surface area contributed by atoms with E-state index in [0.717, 1.165) is 0 Å². The van der Waals surface area contributed by atoms with Crippen LogP contribution in [0.1, 0.15) is 12.5 Å². The molecule has 0 fully saturated rings. The minimum absolute atomic E-state index is 0.0767. The number of likely N-dealkylation sites (N-methyl/N-ethyl adjacent to an activating group) is 1. The van der Waals surface area contributed by atoms with Crippen LogP contribution < -0.4 is 4.90 Å². The van der Waals surface area contributed by atoms with Crippen LogP contribution in [0.5, 0.6) is 0 Å². The summed E-state index contributed by atoms with van der Waals surface area (Å²) in [6, 6.07) is 6.07. The zero-order valence-electron chi connectivity index (χ0n) is 9.62. The standard InChI is InChI=1S/C11H13N3O3/c1-8(15)7-13(2)11-5-9(6-12)3-4-10(11)14(16)17/h3-5,8,15H,7H2,1-2H3. The second-order valence-electron chi connectivity index (χ2n) is 3.80. The number of aliphatic hydroxyl groups is 1. The van der Waals surface area contributed by atoms with Gasteiger partial charge in [0.15, 0.2) is 0 Å². The molecule has 90 valence electrons. The first-order chi connectivity index (χ1) is 7.95. The molecule has 1 unspecified atom stereocenters. The number of hydrogen-bond donors (Lipinski definition) is 1. The lowest BCUT2D eigenvalue weighted by molar-refractivity contribution is -0.384. The molecule has 0 saturated heterocycles. The van der Waals surface area contributed by atoms with E-state index in [1.165, 1.54) is 18.2 Å². The summed E-state index contributed by atoms with van der Waals surface area (Å²) >= 11 is 0. The molecule has 0 spiro atoms. The van der Waals surface area contributed by atoms with Crippen molar-refractivity contribution in [1.29, 1.82) is 5.26 Å². The van der Waals surface area contributed by atoms with Crippen molar-refractivity contribution in [3.05, 3.63) is 33.9 Å². The first-order valence-corrected chi connectivity index (χ1v) is 5.03. The predicted molar refractivity (Wildman–Crippen MR) is 62.8 cm³/mol. The van der Waals surface area contributed by atoms with E-state index in [-0.39, 0.29) is 12.2 Å². The zero-order valence-corrected chi connectivity index (χ0v) is 9.62. The summed E-state index contributed by atoms with van der Waals surface area (Å²) in [6.45, 7) is 1.85. The molecule has 1 N–H and O–H groups in total. The fraction of sp³-hybridized carbons (Fsp3) is 0.364. The van der Waals surface area contributed by atoms with E-state index >= 15 is 0 Å². The summed E-state index contributed by atoms with van der Waals surface area (Å²) in [5.41, 5.74) is 0.602. The molecule has 0 aromatic heterocycles. The molecule has 1 atom stereocenters. The topological polar surface area (TPSA) is 90.4 Å². The van der Waals surface area contributed by atoms with Gasteiger partial charge in [-0.3, -0.25) is 10.1 Å². The Morgan fingerprint density at radius 3 is 2.76 bits per heavy atom. The SMILES string of the molecule is CC(O)CN(C)c1cc(C#N)ccc1[N+](=O)[O-]. The molecule has 1 aromatic rings. The van der Waals surface area contributed by atoms with E-state index in [4.69, 9.17) is 5.26 Å². The highest BCUT2D eigenvalue weighted by molar-refractivity contribution is 5.65. The van der Waals surface area contributed by atoms with Gasteiger partial charge in [0.2, 0.25) is 0 Å². The molecule has 0 aliphatic carbocycles. The number of benzene rings is 1. The number of hydrogen-bond acceptors (Lipinski definition) is 5. The van der Waals surface area contributed by atoms with Crippen LogP contribution >= 0.6 is 0 Å². The van der Waals surface area contributed by atoms with Gasteiger partial charge < -0.3 is 10.0 Å². The number of nitro groups is 1. The first-order valence-electron chi connectivity index (χ1n) is 5.03. The van der Waals surface area contributed by atoms with Crippen molar-refractivity contribution in [2.24, 2.45) is 0 Å². The van der Waals surface area contributed by atoms with Gasteiger partial charge in [-0.25, -0.2) is 0 Å². The van der Waals surface area contributed by atoms with Crippen LogP contribution in [0.15, 0.2) is 18.2 Å². The van der Waals surface area contributed by atoms with Crippen LogP contribution in [0.2, 0.25) is 0 Å². The molecular weight excluding hydrogens is 222 g/mol. The van der Waals surface area contributed by atoms with Gasteiger partial charge in [0.25, 0.3) is 5.69 Å². The van der Waals surface area contributed by atoms with Gasteiger partial charge in [-0.1, -0.05) is 0 Å². The normalized spacial score (nSPS) is 11.6. The lowest BCUT2D eigenvalue weighted by Crippen LogP contribution is -2.27. The predicted octanol–water partition coefficient (Wildman–Crippen LogP) is 1.28. The minimum atomic E-state index is -0.606. The highest BCUT2D eigenvalue weighted by atomic mass is 16.6. The maximum Gasteiger partial charge on any atom is 0.292 e. The monoisotopic (exact) mass is 235 g/mol. The van der Waals surface area contributed by atoms with E-state index < -0.39 is 11.0 Å². The van der Waals surface area contributed by atoms with Crippen LogP contribution in [0, 0.1) is 21.4 Å². The average molecular weight is 235 g/mol. The third kappa shape index (κ3) is 3.16. The summed E-state index contributed by atoms with van der Waals surface area (Å²) in [5, 5.41) is 28.9. The van der Waals surface area contributed by atoms with Crippen LogP contribution in [0.3, 0.4) is 0 Å². The Hall–Kier alpha value is -2.13. The second-order valence-corrected chi connectivity index (χ2v) is 3.80. The Morgan fingerprint density at radius 1 is 1.65 bits per heavy atom. The molecule has 6 heteroatoms. The fourth-order valence-electron chi connectivity index (χ4n) is 1.55. The number of nitrogens with zero attached hydrogens (tertiary/aromatic N) is 3. The number of nitro benzene ring substituents is 1. The quantitative estimate of drug-likeness (QED) is 0.627. The molecule has 0 aliphatic heterocycles. The van der Waals surface area contributed by atoms with Crippen molar-refractivity contribution in [2.75, 3.05) is 18.5 Å². The maximum atomic E-state index is 10.8. The molecular formula is C11H13N3O3. The molecule has 0 heterocycles. The zero-order chi connectivity index (χ0) is 13.0. The maximum absolute atomic E-state index is 10.8. The van der Waals surface area contributed by atoms with Crippen molar-refractivity contribution >= 4 is 11.4 Å². The number of aliphatic hydroxyl groups excluding tert-OH is 1. The average Bonchev–Trinajstić information content (AvgIpc) is 2.27. The largest absolute Gasteiger partial charge is 0.392 e. The lowest BCUT2D eigenvalue weighted by Gasteiger charge is -2.20. The van der Waals surface area contributed by atoms with Crippen LogP contribution in [0.4, 0.5) is 11.4 Å². The Bertz CT molecular complexity index is 466. The summed E-state index contributed by atoms with van der Waals surface area (Å²) in [7, 11) is 1.64. The first kappa shape index (κ1) is 12.9. The van der Waals surface area contributed by atoms with Gasteiger partial charge in [-0.15, -0.1) is 0 Å². The van der Waals surface area contributed by atoms with E-state index in [0.29, 0.717) is 11.3 Å². The molecule has 0 bridgehead atoms. The van der Waals surface area contributed by atoms with Crippen LogP contribution in [-0.2, 0) is 0 Å². The molecule has 0 amide bonds. The molecule has 0 saturated carbocycles. The highest BCUT2D eigenvalue weighted by Crippen LogP contribution is 2.28. The molecule has 0 radical (unpaired) electrons. The van der Waals surface area contributed by atoms with Crippen molar-refractivity contribution in [3.8, 4) is 6.07 Å². The van der Waals surface area contributed by atoms with Crippen molar-refractivity contribution in [2.45, 2.75) is 13.0 Å². The Labute approximate surface area is 98.9 Å². The summed E-state index contributed by atoms with van der Waals surface area (Å²) in [4.78, 5) is 11.9. The van der Waals surface area contributed by atoms with Gasteiger partial charge in [0.1, 0.15) is 5.69 Å². The molecule has 17 heavy (non-hydrogen) atoms. The number of anilines is 1. The Balaban J connectivity index is 3.18.